The molecular weight excluding hydrogens is 286 g/mol. The van der Waals surface area contributed by atoms with Gasteiger partial charge in [0.1, 0.15) is 0 Å². The molecule has 1 aromatic rings. The van der Waals surface area contributed by atoms with Gasteiger partial charge in [-0.1, -0.05) is 12.1 Å². The van der Waals surface area contributed by atoms with Gasteiger partial charge in [0.15, 0.2) is 0 Å². The molecule has 5 heteroatoms. The second kappa shape index (κ2) is 6.80. The molecule has 1 heterocycles. The third kappa shape index (κ3) is 4.63. The number of carbonyl (C=O) groups is 2. The van der Waals surface area contributed by atoms with Gasteiger partial charge in [0.2, 0.25) is 0 Å². The number of nitrogens with one attached hydrogen (secondary N) is 1. The molecule has 2 N–H and O–H groups in total. The summed E-state index contributed by atoms with van der Waals surface area (Å²) in [5.74, 6) is 0.0345. The molecule has 1 atom stereocenters. The summed E-state index contributed by atoms with van der Waals surface area (Å²) < 4.78 is 0.135. The molecule has 1 aliphatic heterocycles. The highest BCUT2D eigenvalue weighted by atomic mass is 32.2. The molecule has 0 saturated carbocycles. The topological polar surface area (TPSA) is 66.4 Å². The first-order valence-corrected chi connectivity index (χ1v) is 7.90. The summed E-state index contributed by atoms with van der Waals surface area (Å²) in [6.45, 7) is 2.84. The molecule has 1 unspecified atom stereocenters. The fourth-order valence-electron chi connectivity index (χ4n) is 2.30. The number of hydrogen-bond donors (Lipinski definition) is 2. The lowest BCUT2D eigenvalue weighted by Gasteiger charge is -2.22. The van der Waals surface area contributed by atoms with E-state index in [1.165, 1.54) is 12.5 Å². The number of rotatable bonds is 5. The molecule has 0 aliphatic carbocycles. The Bertz CT molecular complexity index is 562. The van der Waals surface area contributed by atoms with Gasteiger partial charge in [-0.3, -0.25) is 4.79 Å². The molecular formula is C16H19NO3S. The minimum atomic E-state index is -1.00. The van der Waals surface area contributed by atoms with Gasteiger partial charge < -0.3 is 10.4 Å². The lowest BCUT2D eigenvalue weighted by molar-refractivity contribution is -0.131. The van der Waals surface area contributed by atoms with E-state index in [9.17, 15) is 9.59 Å². The predicted molar refractivity (Wildman–Crippen MR) is 85.5 cm³/mol. The van der Waals surface area contributed by atoms with Crippen LogP contribution in [0, 0.1) is 0 Å². The maximum absolute atomic E-state index is 12.2. The number of hydrogen-bond acceptors (Lipinski definition) is 3. The number of carboxylic acid groups (broad SMARTS) is 1. The molecule has 21 heavy (non-hydrogen) atoms. The smallest absolute Gasteiger partial charge is 0.328 e. The van der Waals surface area contributed by atoms with Crippen LogP contribution in [-0.4, -0.2) is 34.0 Å². The third-order valence-corrected chi connectivity index (χ3v) is 5.03. The Morgan fingerprint density at radius 1 is 1.48 bits per heavy atom. The molecule has 1 saturated heterocycles. The highest BCUT2D eigenvalue weighted by Crippen LogP contribution is 2.36. The summed E-state index contributed by atoms with van der Waals surface area (Å²) in [5, 5.41) is 11.6. The molecule has 1 amide bonds. The Labute approximate surface area is 128 Å². The minimum absolute atomic E-state index is 0.116. The summed E-state index contributed by atoms with van der Waals surface area (Å²) in [5.41, 5.74) is 1.25. The van der Waals surface area contributed by atoms with E-state index in [0.29, 0.717) is 17.7 Å². The van der Waals surface area contributed by atoms with Crippen LogP contribution in [0.4, 0.5) is 0 Å². The van der Waals surface area contributed by atoms with Gasteiger partial charge in [-0.2, -0.15) is 11.8 Å². The van der Waals surface area contributed by atoms with Crippen molar-refractivity contribution in [2.45, 2.75) is 24.5 Å². The molecule has 4 nitrogen and oxygen atoms in total. The van der Waals surface area contributed by atoms with Crippen LogP contribution < -0.4 is 5.32 Å². The van der Waals surface area contributed by atoms with Crippen molar-refractivity contribution in [2.24, 2.45) is 0 Å². The molecule has 0 radical (unpaired) electrons. The summed E-state index contributed by atoms with van der Waals surface area (Å²) in [4.78, 5) is 22.7. The standard InChI is InChI=1S/C16H19NO3S/c1-16(8-3-9-21-16)11-17-15(20)13-5-2-4-12(10-13)6-7-14(18)19/h2,4-7,10H,3,8-9,11H2,1H3,(H,17,20)(H,18,19)/b7-6+. The zero-order valence-electron chi connectivity index (χ0n) is 12.0. The normalized spacial score (nSPS) is 21.6. The lowest BCUT2D eigenvalue weighted by atomic mass is 10.1. The Balaban J connectivity index is 1.99. The summed E-state index contributed by atoms with van der Waals surface area (Å²) >= 11 is 1.91. The van der Waals surface area contributed by atoms with E-state index in [4.69, 9.17) is 5.11 Å². The van der Waals surface area contributed by atoms with E-state index in [1.807, 2.05) is 11.8 Å². The predicted octanol–water partition coefficient (Wildman–Crippen LogP) is 2.80. The summed E-state index contributed by atoms with van der Waals surface area (Å²) in [6.07, 6.45) is 4.87. The average molecular weight is 305 g/mol. The maximum Gasteiger partial charge on any atom is 0.328 e. The Morgan fingerprint density at radius 3 is 2.95 bits per heavy atom. The van der Waals surface area contributed by atoms with Crippen LogP contribution in [0.2, 0.25) is 0 Å². The van der Waals surface area contributed by atoms with E-state index in [2.05, 4.69) is 12.2 Å². The molecule has 2 rings (SSSR count). The zero-order chi connectivity index (χ0) is 15.3. The van der Waals surface area contributed by atoms with E-state index in [0.717, 1.165) is 18.2 Å². The van der Waals surface area contributed by atoms with Crippen molar-refractivity contribution in [3.8, 4) is 0 Å². The number of aliphatic carboxylic acids is 1. The highest BCUT2D eigenvalue weighted by molar-refractivity contribution is 8.00. The van der Waals surface area contributed by atoms with Crippen molar-refractivity contribution >= 4 is 29.7 Å². The van der Waals surface area contributed by atoms with Crippen molar-refractivity contribution in [2.75, 3.05) is 12.3 Å². The number of carbonyl (C=O) groups excluding carboxylic acids is 1. The maximum atomic E-state index is 12.2. The van der Waals surface area contributed by atoms with Crippen LogP contribution in [0.3, 0.4) is 0 Å². The van der Waals surface area contributed by atoms with Gasteiger partial charge in [-0.25, -0.2) is 4.79 Å². The minimum Gasteiger partial charge on any atom is -0.478 e. The van der Waals surface area contributed by atoms with Crippen LogP contribution in [-0.2, 0) is 4.79 Å². The molecule has 1 aromatic carbocycles. The molecule has 1 aliphatic rings. The largest absolute Gasteiger partial charge is 0.478 e. The van der Waals surface area contributed by atoms with Crippen molar-refractivity contribution in [3.63, 3.8) is 0 Å². The van der Waals surface area contributed by atoms with E-state index in [1.54, 1.807) is 24.3 Å². The van der Waals surface area contributed by atoms with Crippen LogP contribution in [0.1, 0.15) is 35.7 Å². The number of benzene rings is 1. The fraction of sp³-hybridized carbons (Fsp3) is 0.375. The number of amides is 1. The zero-order valence-corrected chi connectivity index (χ0v) is 12.8. The van der Waals surface area contributed by atoms with E-state index >= 15 is 0 Å². The van der Waals surface area contributed by atoms with Crippen molar-refractivity contribution in [3.05, 3.63) is 41.5 Å². The average Bonchev–Trinajstić information content (AvgIpc) is 2.90. The van der Waals surface area contributed by atoms with Gasteiger partial charge in [0.05, 0.1) is 0 Å². The number of carboxylic acids is 1. The van der Waals surface area contributed by atoms with Gasteiger partial charge in [-0.05, 0) is 49.3 Å². The van der Waals surface area contributed by atoms with Crippen molar-refractivity contribution in [1.82, 2.24) is 5.32 Å². The van der Waals surface area contributed by atoms with E-state index in [-0.39, 0.29) is 10.7 Å². The first kappa shape index (κ1) is 15.6. The van der Waals surface area contributed by atoms with E-state index < -0.39 is 5.97 Å². The lowest BCUT2D eigenvalue weighted by Crippen LogP contribution is -2.36. The van der Waals surface area contributed by atoms with Gasteiger partial charge in [0.25, 0.3) is 5.91 Å². The van der Waals surface area contributed by atoms with Crippen molar-refractivity contribution in [1.29, 1.82) is 0 Å². The SMILES string of the molecule is CC1(CNC(=O)c2cccc(/C=C/C(=O)O)c2)CCCS1. The molecule has 1 fully saturated rings. The molecule has 0 bridgehead atoms. The fourth-order valence-corrected chi connectivity index (χ4v) is 3.54. The van der Waals surface area contributed by atoms with Gasteiger partial charge >= 0.3 is 5.97 Å². The highest BCUT2D eigenvalue weighted by Gasteiger charge is 2.29. The quantitative estimate of drug-likeness (QED) is 0.821. The molecule has 0 aromatic heterocycles. The second-order valence-electron chi connectivity index (χ2n) is 5.38. The Morgan fingerprint density at radius 2 is 2.29 bits per heavy atom. The third-order valence-electron chi connectivity index (χ3n) is 3.49. The Hall–Kier alpha value is -1.75. The molecule has 112 valence electrons. The molecule has 0 spiro atoms. The van der Waals surface area contributed by atoms with Crippen LogP contribution >= 0.6 is 11.8 Å². The van der Waals surface area contributed by atoms with Gasteiger partial charge in [-0.15, -0.1) is 0 Å². The monoisotopic (exact) mass is 305 g/mol. The first-order chi connectivity index (χ1) is 9.98. The van der Waals surface area contributed by atoms with Gasteiger partial charge in [0, 0.05) is 22.9 Å². The summed E-state index contributed by atoms with van der Waals surface area (Å²) in [7, 11) is 0. The van der Waals surface area contributed by atoms with Crippen molar-refractivity contribution < 1.29 is 14.7 Å². The van der Waals surface area contributed by atoms with Crippen LogP contribution in [0.25, 0.3) is 6.08 Å². The second-order valence-corrected chi connectivity index (χ2v) is 7.06. The van der Waals surface area contributed by atoms with Crippen LogP contribution in [0.5, 0.6) is 0 Å². The first-order valence-electron chi connectivity index (χ1n) is 6.92. The Kier molecular flexibility index (Phi) is 5.07. The summed E-state index contributed by atoms with van der Waals surface area (Å²) in [6, 6.07) is 6.95. The van der Waals surface area contributed by atoms with Crippen LogP contribution in [0.15, 0.2) is 30.3 Å². The number of thioether (sulfide) groups is 1.